The van der Waals surface area contributed by atoms with Crippen molar-refractivity contribution in [3.8, 4) is 11.4 Å². The number of rotatable bonds is 6. The maximum atomic E-state index is 12.3. The highest BCUT2D eigenvalue weighted by molar-refractivity contribution is 6.10. The number of aromatic nitrogens is 3. The lowest BCUT2D eigenvalue weighted by molar-refractivity contribution is -0.125. The first-order valence-electron chi connectivity index (χ1n) is 9.30. The first kappa shape index (κ1) is 19.2. The molecule has 0 aliphatic carbocycles. The van der Waals surface area contributed by atoms with Crippen LogP contribution in [0.15, 0.2) is 53.3 Å². The van der Waals surface area contributed by atoms with Gasteiger partial charge in [0.1, 0.15) is 6.04 Å². The van der Waals surface area contributed by atoms with Crippen LogP contribution in [0, 0.1) is 0 Å². The van der Waals surface area contributed by atoms with Gasteiger partial charge < -0.3 is 20.5 Å². The number of hydrogen-bond acceptors (Lipinski definition) is 7. The number of carbonyl (C=O) groups is 3. The fourth-order valence-electron chi connectivity index (χ4n) is 2.99. The molecule has 2 aromatic heterocycles. The summed E-state index contributed by atoms with van der Waals surface area (Å²) in [6, 6.07) is 9.29. The molecule has 1 aliphatic rings. The van der Waals surface area contributed by atoms with Crippen molar-refractivity contribution >= 4 is 23.4 Å². The van der Waals surface area contributed by atoms with Gasteiger partial charge in [-0.15, -0.1) is 0 Å². The smallest absolute Gasteiger partial charge is 0.254 e. The zero-order valence-corrected chi connectivity index (χ0v) is 15.8. The first-order chi connectivity index (χ1) is 14.6. The van der Waals surface area contributed by atoms with E-state index in [2.05, 4.69) is 31.1 Å². The molecule has 3 aromatic rings. The molecule has 10 heteroatoms. The highest BCUT2D eigenvalue weighted by atomic mass is 16.5. The van der Waals surface area contributed by atoms with E-state index in [0.29, 0.717) is 29.4 Å². The molecule has 30 heavy (non-hydrogen) atoms. The number of carbonyl (C=O) groups excluding carboxylic acids is 3. The number of amides is 3. The van der Waals surface area contributed by atoms with E-state index in [1.54, 1.807) is 42.7 Å². The molecule has 152 valence electrons. The van der Waals surface area contributed by atoms with Crippen molar-refractivity contribution in [3.05, 3.63) is 60.2 Å². The van der Waals surface area contributed by atoms with E-state index in [0.717, 1.165) is 5.56 Å². The van der Waals surface area contributed by atoms with Gasteiger partial charge in [-0.2, -0.15) is 4.98 Å². The number of nitrogens with one attached hydrogen (secondary N) is 3. The molecule has 1 atom stereocenters. The minimum atomic E-state index is -0.967. The third-order valence-electron chi connectivity index (χ3n) is 4.49. The van der Waals surface area contributed by atoms with Gasteiger partial charge in [-0.1, -0.05) is 17.3 Å². The summed E-state index contributed by atoms with van der Waals surface area (Å²) < 4.78 is 5.17. The Morgan fingerprint density at radius 2 is 2.03 bits per heavy atom. The highest BCUT2D eigenvalue weighted by Gasteiger charge is 2.29. The Labute approximate surface area is 171 Å². The van der Waals surface area contributed by atoms with E-state index in [-0.39, 0.29) is 18.9 Å². The van der Waals surface area contributed by atoms with Crippen LogP contribution in [0.25, 0.3) is 11.4 Å². The third-order valence-corrected chi connectivity index (χ3v) is 4.49. The molecular formula is C20H18N6O4. The van der Waals surface area contributed by atoms with Crippen LogP contribution in [0.3, 0.4) is 0 Å². The van der Waals surface area contributed by atoms with Crippen LogP contribution in [0.2, 0.25) is 0 Å². The number of hydrogen-bond donors (Lipinski definition) is 3. The average Bonchev–Trinajstić information content (AvgIpc) is 3.19. The second-order valence-electron chi connectivity index (χ2n) is 6.62. The second-order valence-corrected chi connectivity index (χ2v) is 6.62. The Balaban J connectivity index is 1.29. The maximum Gasteiger partial charge on any atom is 0.254 e. The Kier molecular flexibility index (Phi) is 5.46. The van der Waals surface area contributed by atoms with Gasteiger partial charge in [0.2, 0.25) is 23.5 Å². The fraction of sp³-hybridized carbons (Fsp3) is 0.200. The number of pyridine rings is 1. The molecule has 0 bridgehead atoms. The summed E-state index contributed by atoms with van der Waals surface area (Å²) in [5, 5.41) is 11.8. The zero-order valence-electron chi connectivity index (χ0n) is 15.8. The SMILES string of the molecule is O=C(CC1NC(=O)c2ccccc2NC1=O)NCCc1nc(-c2cccnc2)no1. The van der Waals surface area contributed by atoms with E-state index in [1.807, 2.05) is 6.07 Å². The van der Waals surface area contributed by atoms with Crippen LogP contribution in [0.1, 0.15) is 22.7 Å². The molecule has 3 N–H and O–H groups in total. The van der Waals surface area contributed by atoms with Crippen molar-refractivity contribution in [2.24, 2.45) is 0 Å². The molecule has 3 heterocycles. The predicted octanol–water partition coefficient (Wildman–Crippen LogP) is 0.931. The minimum absolute atomic E-state index is 0.184. The molecule has 0 fully saturated rings. The number of anilines is 1. The Bertz CT molecular complexity index is 1080. The van der Waals surface area contributed by atoms with E-state index in [9.17, 15) is 14.4 Å². The van der Waals surface area contributed by atoms with E-state index >= 15 is 0 Å². The van der Waals surface area contributed by atoms with Gasteiger partial charge in [-0.25, -0.2) is 0 Å². The number of nitrogens with zero attached hydrogens (tertiary/aromatic N) is 3. The Morgan fingerprint density at radius 3 is 2.87 bits per heavy atom. The summed E-state index contributed by atoms with van der Waals surface area (Å²) in [6.45, 7) is 0.246. The molecule has 0 spiro atoms. The van der Waals surface area contributed by atoms with Crippen molar-refractivity contribution in [1.29, 1.82) is 0 Å². The van der Waals surface area contributed by atoms with E-state index < -0.39 is 17.9 Å². The fourth-order valence-corrected chi connectivity index (χ4v) is 2.99. The van der Waals surface area contributed by atoms with Gasteiger partial charge in [0.05, 0.1) is 17.7 Å². The number of benzene rings is 1. The van der Waals surface area contributed by atoms with Crippen LogP contribution in [0.4, 0.5) is 5.69 Å². The van der Waals surface area contributed by atoms with Crippen molar-refractivity contribution in [3.63, 3.8) is 0 Å². The molecule has 0 saturated carbocycles. The van der Waals surface area contributed by atoms with Crippen LogP contribution < -0.4 is 16.0 Å². The van der Waals surface area contributed by atoms with Crippen molar-refractivity contribution < 1.29 is 18.9 Å². The van der Waals surface area contributed by atoms with Crippen LogP contribution in [-0.2, 0) is 16.0 Å². The molecule has 10 nitrogen and oxygen atoms in total. The van der Waals surface area contributed by atoms with Crippen molar-refractivity contribution in [2.75, 3.05) is 11.9 Å². The van der Waals surface area contributed by atoms with Crippen LogP contribution in [0.5, 0.6) is 0 Å². The normalized spacial score (nSPS) is 15.5. The molecule has 3 amide bonds. The van der Waals surface area contributed by atoms with E-state index in [4.69, 9.17) is 4.52 Å². The topological polar surface area (TPSA) is 139 Å². The molecule has 0 radical (unpaired) electrons. The summed E-state index contributed by atoms with van der Waals surface area (Å²) in [5.41, 5.74) is 1.51. The molecular weight excluding hydrogens is 388 g/mol. The predicted molar refractivity (Wildman–Crippen MR) is 105 cm³/mol. The minimum Gasteiger partial charge on any atom is -0.356 e. The number of fused-ring (bicyclic) bond motifs is 1. The third kappa shape index (κ3) is 4.32. The van der Waals surface area contributed by atoms with Gasteiger partial charge in [0, 0.05) is 30.9 Å². The summed E-state index contributed by atoms with van der Waals surface area (Å²) in [7, 11) is 0. The Hall–Kier alpha value is -4.08. The highest BCUT2D eigenvalue weighted by Crippen LogP contribution is 2.19. The first-order valence-corrected chi connectivity index (χ1v) is 9.30. The molecule has 4 rings (SSSR count). The van der Waals surface area contributed by atoms with Gasteiger partial charge in [-0.05, 0) is 24.3 Å². The lowest BCUT2D eigenvalue weighted by Gasteiger charge is -2.14. The quantitative estimate of drug-likeness (QED) is 0.553. The Morgan fingerprint density at radius 1 is 1.17 bits per heavy atom. The summed E-state index contributed by atoms with van der Waals surface area (Å²) in [6.07, 6.45) is 3.42. The summed E-state index contributed by atoms with van der Waals surface area (Å²) in [5.74, 6) is -0.447. The maximum absolute atomic E-state index is 12.3. The molecule has 0 saturated heterocycles. The standard InChI is InChI=1S/C20H18N6O4/c27-16(10-15-20(29)23-14-6-2-1-5-13(14)19(28)24-15)22-9-7-17-25-18(26-30-17)12-4-3-8-21-11-12/h1-6,8,11,15H,7,9-10H2,(H,22,27)(H,23,29)(H,24,28). The van der Waals surface area contributed by atoms with E-state index in [1.165, 1.54) is 0 Å². The molecule has 1 unspecified atom stereocenters. The molecule has 1 aliphatic heterocycles. The summed E-state index contributed by atoms with van der Waals surface area (Å²) in [4.78, 5) is 45.2. The zero-order chi connectivity index (χ0) is 20.9. The van der Waals surface area contributed by atoms with Crippen LogP contribution >= 0.6 is 0 Å². The van der Waals surface area contributed by atoms with Crippen molar-refractivity contribution in [2.45, 2.75) is 18.9 Å². The van der Waals surface area contributed by atoms with Gasteiger partial charge >= 0.3 is 0 Å². The van der Waals surface area contributed by atoms with Gasteiger partial charge in [0.15, 0.2) is 0 Å². The largest absolute Gasteiger partial charge is 0.356 e. The van der Waals surface area contributed by atoms with Gasteiger partial charge in [-0.3, -0.25) is 19.4 Å². The second kappa shape index (κ2) is 8.52. The van der Waals surface area contributed by atoms with Crippen LogP contribution in [-0.4, -0.2) is 45.4 Å². The van der Waals surface area contributed by atoms with Gasteiger partial charge in [0.25, 0.3) is 5.91 Å². The molecule has 1 aromatic carbocycles. The average molecular weight is 406 g/mol. The lowest BCUT2D eigenvalue weighted by atomic mass is 10.1. The van der Waals surface area contributed by atoms with Crippen molar-refractivity contribution in [1.82, 2.24) is 25.8 Å². The summed E-state index contributed by atoms with van der Waals surface area (Å²) >= 11 is 0. The monoisotopic (exact) mass is 406 g/mol. The lowest BCUT2D eigenvalue weighted by Crippen LogP contribution is -2.44. The number of para-hydroxylation sites is 1.